The van der Waals surface area contributed by atoms with Crippen LogP contribution in [0.3, 0.4) is 0 Å². The van der Waals surface area contributed by atoms with Crippen LogP contribution in [0.1, 0.15) is 39.2 Å². The van der Waals surface area contributed by atoms with Gasteiger partial charge in [0, 0.05) is 6.54 Å². The summed E-state index contributed by atoms with van der Waals surface area (Å²) in [4.78, 5) is 11.8. The molecule has 0 bridgehead atoms. The number of tetrazole rings is 1. The average molecular weight is 319 g/mol. The molecule has 1 atom stereocenters. The van der Waals surface area contributed by atoms with Gasteiger partial charge in [-0.1, -0.05) is 37.7 Å². The van der Waals surface area contributed by atoms with E-state index in [9.17, 15) is 4.79 Å². The lowest BCUT2D eigenvalue weighted by Gasteiger charge is -2.11. The normalized spacial score (nSPS) is 12.4. The topological polar surface area (TPSA) is 72.7 Å². The number of aromatic nitrogens is 4. The van der Waals surface area contributed by atoms with Gasteiger partial charge in [0.05, 0.1) is 10.9 Å². The fraction of sp³-hybridized carbons (Fsp3) is 0.467. The highest BCUT2D eigenvalue weighted by Crippen LogP contribution is 2.24. The van der Waals surface area contributed by atoms with Crippen LogP contribution in [0.4, 0.5) is 0 Å². The van der Waals surface area contributed by atoms with Crippen LogP contribution in [-0.2, 0) is 4.79 Å². The molecule has 1 aromatic carbocycles. The van der Waals surface area contributed by atoms with Crippen molar-refractivity contribution in [2.75, 3.05) is 6.54 Å². The van der Waals surface area contributed by atoms with Crippen LogP contribution in [0.25, 0.3) is 5.69 Å². The molecule has 1 aromatic heterocycles. The van der Waals surface area contributed by atoms with E-state index in [4.69, 9.17) is 0 Å². The van der Waals surface area contributed by atoms with Gasteiger partial charge in [-0.2, -0.15) is 4.68 Å². The zero-order chi connectivity index (χ0) is 16.1. The van der Waals surface area contributed by atoms with Crippen LogP contribution in [0, 0.1) is 0 Å². The first-order chi connectivity index (χ1) is 10.5. The molecular weight excluding hydrogens is 298 g/mol. The predicted molar refractivity (Wildman–Crippen MR) is 87.2 cm³/mol. The number of hydrogen-bond acceptors (Lipinski definition) is 5. The van der Waals surface area contributed by atoms with Crippen LogP contribution < -0.4 is 5.32 Å². The summed E-state index contributed by atoms with van der Waals surface area (Å²) in [6.07, 6.45) is 0. The van der Waals surface area contributed by atoms with Gasteiger partial charge in [0.1, 0.15) is 0 Å². The van der Waals surface area contributed by atoms with Gasteiger partial charge >= 0.3 is 0 Å². The summed E-state index contributed by atoms with van der Waals surface area (Å²) in [5, 5.41) is 14.9. The monoisotopic (exact) mass is 319 g/mol. The summed E-state index contributed by atoms with van der Waals surface area (Å²) < 4.78 is 1.66. The summed E-state index contributed by atoms with van der Waals surface area (Å²) in [7, 11) is 0. The molecule has 118 valence electrons. The second kappa shape index (κ2) is 7.40. The number of amides is 1. The molecule has 0 radical (unpaired) electrons. The van der Waals surface area contributed by atoms with Crippen LogP contribution >= 0.6 is 11.8 Å². The lowest BCUT2D eigenvalue weighted by atomic mass is 10.0. The molecule has 0 aliphatic carbocycles. The molecule has 1 heterocycles. The molecule has 0 fully saturated rings. The largest absolute Gasteiger partial charge is 0.355 e. The van der Waals surface area contributed by atoms with Crippen molar-refractivity contribution in [2.45, 2.75) is 44.0 Å². The fourth-order valence-corrected chi connectivity index (χ4v) is 2.78. The van der Waals surface area contributed by atoms with E-state index in [1.54, 1.807) is 4.68 Å². The van der Waals surface area contributed by atoms with Crippen molar-refractivity contribution < 1.29 is 4.79 Å². The maximum atomic E-state index is 11.8. The first-order valence-corrected chi connectivity index (χ1v) is 8.24. The lowest BCUT2D eigenvalue weighted by molar-refractivity contribution is -0.120. The maximum absolute atomic E-state index is 11.8. The maximum Gasteiger partial charge on any atom is 0.233 e. The van der Waals surface area contributed by atoms with E-state index in [0.717, 1.165) is 5.69 Å². The van der Waals surface area contributed by atoms with Crippen molar-refractivity contribution in [3.05, 3.63) is 29.8 Å². The lowest BCUT2D eigenvalue weighted by Crippen LogP contribution is -2.30. The van der Waals surface area contributed by atoms with Gasteiger partial charge in [0.25, 0.3) is 0 Å². The Bertz CT molecular complexity index is 623. The van der Waals surface area contributed by atoms with Crippen molar-refractivity contribution in [3.63, 3.8) is 0 Å². The first kappa shape index (κ1) is 16.5. The van der Waals surface area contributed by atoms with E-state index in [1.165, 1.54) is 17.3 Å². The summed E-state index contributed by atoms with van der Waals surface area (Å²) in [5.74, 6) is 0.465. The quantitative estimate of drug-likeness (QED) is 0.828. The number of carbonyl (C=O) groups is 1. The number of nitrogens with zero attached hydrogens (tertiary/aromatic N) is 4. The minimum absolute atomic E-state index is 0.0165. The average Bonchev–Trinajstić information content (AvgIpc) is 2.95. The number of benzene rings is 1. The van der Waals surface area contributed by atoms with Crippen molar-refractivity contribution in [1.29, 1.82) is 0 Å². The molecule has 2 aromatic rings. The highest BCUT2D eigenvalue weighted by Gasteiger charge is 2.18. The number of rotatable bonds is 6. The number of nitrogens with one attached hydrogen (secondary N) is 1. The van der Waals surface area contributed by atoms with Crippen LogP contribution in [0.5, 0.6) is 0 Å². The third kappa shape index (κ3) is 3.85. The highest BCUT2D eigenvalue weighted by atomic mass is 32.2. The van der Waals surface area contributed by atoms with Crippen molar-refractivity contribution in [2.24, 2.45) is 0 Å². The van der Waals surface area contributed by atoms with Gasteiger partial charge in [0.2, 0.25) is 11.1 Å². The molecule has 6 nitrogen and oxygen atoms in total. The molecule has 22 heavy (non-hydrogen) atoms. The minimum Gasteiger partial charge on any atom is -0.355 e. The standard InChI is InChI=1S/C15H21N5OS/c1-5-16-14(21)11(4)22-15-17-18-19-20(15)13-8-6-12(7-9-13)10(2)3/h6-11H,5H2,1-4H3,(H,16,21)/t11-/m1/s1. The molecule has 1 N–H and O–H groups in total. The fourth-order valence-electron chi connectivity index (χ4n) is 1.94. The molecule has 0 saturated carbocycles. The molecule has 0 unspecified atom stereocenters. The summed E-state index contributed by atoms with van der Waals surface area (Å²) in [6.45, 7) is 8.67. The van der Waals surface area contributed by atoms with Crippen LogP contribution in [0.2, 0.25) is 0 Å². The van der Waals surface area contributed by atoms with Gasteiger partial charge in [-0.25, -0.2) is 0 Å². The third-order valence-electron chi connectivity index (χ3n) is 3.25. The molecule has 0 saturated heterocycles. The Morgan fingerprint density at radius 3 is 2.55 bits per heavy atom. The Balaban J connectivity index is 2.17. The molecule has 0 spiro atoms. The Kier molecular flexibility index (Phi) is 5.54. The Morgan fingerprint density at radius 1 is 1.27 bits per heavy atom. The minimum atomic E-state index is -0.250. The van der Waals surface area contributed by atoms with Gasteiger partial charge < -0.3 is 5.32 Å². The molecular formula is C15H21N5OS. The Labute approximate surface area is 134 Å². The zero-order valence-electron chi connectivity index (χ0n) is 13.3. The van der Waals surface area contributed by atoms with Gasteiger partial charge in [-0.3, -0.25) is 4.79 Å². The van der Waals surface area contributed by atoms with Crippen molar-refractivity contribution >= 4 is 17.7 Å². The van der Waals surface area contributed by atoms with Crippen molar-refractivity contribution in [1.82, 2.24) is 25.5 Å². The van der Waals surface area contributed by atoms with Gasteiger partial charge in [-0.15, -0.1) is 5.10 Å². The highest BCUT2D eigenvalue weighted by molar-refractivity contribution is 8.00. The van der Waals surface area contributed by atoms with Crippen LogP contribution in [0.15, 0.2) is 29.4 Å². The van der Waals surface area contributed by atoms with E-state index < -0.39 is 0 Å². The van der Waals surface area contributed by atoms with Crippen molar-refractivity contribution in [3.8, 4) is 5.69 Å². The van der Waals surface area contributed by atoms with E-state index in [2.05, 4.69) is 46.8 Å². The SMILES string of the molecule is CCNC(=O)[C@@H](C)Sc1nnnn1-c1ccc(C(C)C)cc1. The summed E-state index contributed by atoms with van der Waals surface area (Å²) in [6, 6.07) is 8.13. The second-order valence-electron chi connectivity index (χ2n) is 5.27. The number of thioether (sulfide) groups is 1. The number of carbonyl (C=O) groups excluding carboxylic acids is 1. The molecule has 0 aliphatic rings. The Hall–Kier alpha value is -1.89. The van der Waals surface area contributed by atoms with E-state index in [0.29, 0.717) is 17.6 Å². The summed E-state index contributed by atoms with van der Waals surface area (Å²) in [5.41, 5.74) is 2.15. The van der Waals surface area contributed by atoms with Gasteiger partial charge in [0.15, 0.2) is 0 Å². The van der Waals surface area contributed by atoms with Gasteiger partial charge in [-0.05, 0) is 47.9 Å². The Morgan fingerprint density at radius 2 is 1.95 bits per heavy atom. The first-order valence-electron chi connectivity index (χ1n) is 7.36. The second-order valence-corrected chi connectivity index (χ2v) is 6.58. The van der Waals surface area contributed by atoms with Crippen LogP contribution in [-0.4, -0.2) is 37.9 Å². The molecule has 0 aliphatic heterocycles. The third-order valence-corrected chi connectivity index (χ3v) is 4.28. The molecule has 2 rings (SSSR count). The molecule has 1 amide bonds. The number of hydrogen-bond donors (Lipinski definition) is 1. The smallest absolute Gasteiger partial charge is 0.233 e. The zero-order valence-corrected chi connectivity index (χ0v) is 14.1. The van der Waals surface area contributed by atoms with E-state index in [-0.39, 0.29) is 11.2 Å². The van der Waals surface area contributed by atoms with E-state index >= 15 is 0 Å². The summed E-state index contributed by atoms with van der Waals surface area (Å²) >= 11 is 1.35. The predicted octanol–water partition coefficient (Wildman–Crippen LogP) is 2.40. The van der Waals surface area contributed by atoms with E-state index in [1.807, 2.05) is 26.0 Å². The molecule has 7 heteroatoms.